The number of likely N-dealkylation sites (tertiary alicyclic amines) is 1. The molecule has 0 saturated carbocycles. The first-order valence-corrected chi connectivity index (χ1v) is 4.62. The molecule has 1 aliphatic heterocycles. The smallest absolute Gasteiger partial charge is 0.222 e. The van der Waals surface area contributed by atoms with E-state index in [1.54, 1.807) is 0 Å². The Morgan fingerprint density at radius 1 is 1.45 bits per heavy atom. The maximum absolute atomic E-state index is 10.9. The fraction of sp³-hybridized carbons (Fsp3) is 0.889. The lowest BCUT2D eigenvalue weighted by Crippen LogP contribution is -2.24. The molecule has 0 atom stereocenters. The number of carbonyl (C=O) groups excluding carboxylic acids is 1. The van der Waals surface area contributed by atoms with Crippen LogP contribution in [-0.2, 0) is 4.79 Å². The van der Waals surface area contributed by atoms with E-state index in [1.807, 2.05) is 18.7 Å². The lowest BCUT2D eigenvalue weighted by Gasteiger charge is -2.12. The minimum absolute atomic E-state index is 0.344. The molecule has 1 fully saturated rings. The summed E-state index contributed by atoms with van der Waals surface area (Å²) in [6.45, 7) is 8.05. The normalized spacial score (nSPS) is 16.3. The summed E-state index contributed by atoms with van der Waals surface area (Å²) in [6, 6.07) is 0. The quantitative estimate of drug-likeness (QED) is 0.600. The van der Waals surface area contributed by atoms with Gasteiger partial charge < -0.3 is 4.90 Å². The van der Waals surface area contributed by atoms with E-state index in [1.165, 1.54) is 0 Å². The van der Waals surface area contributed by atoms with Crippen LogP contribution >= 0.6 is 0 Å². The van der Waals surface area contributed by atoms with E-state index in [0.29, 0.717) is 5.91 Å². The van der Waals surface area contributed by atoms with Gasteiger partial charge in [-0.25, -0.2) is 0 Å². The van der Waals surface area contributed by atoms with Gasteiger partial charge in [-0.1, -0.05) is 20.8 Å². The molecule has 66 valence electrons. The summed E-state index contributed by atoms with van der Waals surface area (Å²) in [7, 11) is 0. The van der Waals surface area contributed by atoms with E-state index in [4.69, 9.17) is 0 Å². The van der Waals surface area contributed by atoms with Crippen molar-refractivity contribution in [2.24, 2.45) is 0 Å². The van der Waals surface area contributed by atoms with E-state index in [9.17, 15) is 4.79 Å². The van der Waals surface area contributed by atoms with E-state index in [2.05, 4.69) is 6.92 Å². The predicted octanol–water partition coefficient (Wildman–Crippen LogP) is 2.04. The second-order valence-electron chi connectivity index (χ2n) is 2.48. The Kier molecular flexibility index (Phi) is 5.90. The molecule has 1 heterocycles. The minimum atomic E-state index is 0.344. The predicted molar refractivity (Wildman–Crippen MR) is 47.5 cm³/mol. The molecule has 0 aromatic rings. The molecular formula is C9H19NO. The lowest BCUT2D eigenvalue weighted by atomic mass is 10.4. The van der Waals surface area contributed by atoms with Gasteiger partial charge in [-0.2, -0.15) is 0 Å². The van der Waals surface area contributed by atoms with E-state index >= 15 is 0 Å². The molecule has 11 heavy (non-hydrogen) atoms. The zero-order chi connectivity index (χ0) is 8.69. The van der Waals surface area contributed by atoms with Crippen LogP contribution in [0.4, 0.5) is 0 Å². The summed E-state index contributed by atoms with van der Waals surface area (Å²) in [4.78, 5) is 12.8. The monoisotopic (exact) mass is 157 g/mol. The van der Waals surface area contributed by atoms with Crippen molar-refractivity contribution in [3.63, 3.8) is 0 Å². The van der Waals surface area contributed by atoms with Gasteiger partial charge >= 0.3 is 0 Å². The number of hydrogen-bond donors (Lipinski definition) is 0. The third-order valence-corrected chi connectivity index (χ3v) is 1.66. The summed E-state index contributed by atoms with van der Waals surface area (Å²) < 4.78 is 0. The van der Waals surface area contributed by atoms with Crippen LogP contribution in [0.2, 0.25) is 0 Å². The molecule has 2 nitrogen and oxygen atoms in total. The number of hydrogen-bond acceptors (Lipinski definition) is 1. The zero-order valence-corrected chi connectivity index (χ0v) is 7.89. The van der Waals surface area contributed by atoms with Gasteiger partial charge in [-0.15, -0.1) is 0 Å². The molecule has 0 unspecified atom stereocenters. The second kappa shape index (κ2) is 6.20. The van der Waals surface area contributed by atoms with E-state index < -0.39 is 0 Å². The van der Waals surface area contributed by atoms with Crippen molar-refractivity contribution in [1.29, 1.82) is 0 Å². The van der Waals surface area contributed by atoms with Gasteiger partial charge in [0.25, 0.3) is 0 Å². The molecular weight excluding hydrogens is 138 g/mol. The SMILES string of the molecule is CC.CCCN1CCCC1=O. The van der Waals surface area contributed by atoms with Crippen molar-refractivity contribution >= 4 is 5.91 Å². The number of nitrogens with zero attached hydrogens (tertiary/aromatic N) is 1. The number of rotatable bonds is 2. The zero-order valence-electron chi connectivity index (χ0n) is 7.89. The van der Waals surface area contributed by atoms with Crippen molar-refractivity contribution in [3.8, 4) is 0 Å². The third kappa shape index (κ3) is 3.40. The molecule has 0 aromatic heterocycles. The van der Waals surface area contributed by atoms with Crippen molar-refractivity contribution in [2.75, 3.05) is 13.1 Å². The Morgan fingerprint density at radius 2 is 2.09 bits per heavy atom. The molecule has 0 N–H and O–H groups in total. The van der Waals surface area contributed by atoms with Gasteiger partial charge in [-0.05, 0) is 12.8 Å². The molecule has 0 bridgehead atoms. The molecule has 1 saturated heterocycles. The van der Waals surface area contributed by atoms with Gasteiger partial charge in [-0.3, -0.25) is 4.79 Å². The molecule has 0 aliphatic carbocycles. The third-order valence-electron chi connectivity index (χ3n) is 1.66. The van der Waals surface area contributed by atoms with Gasteiger partial charge in [0, 0.05) is 19.5 Å². The van der Waals surface area contributed by atoms with Gasteiger partial charge in [0.2, 0.25) is 5.91 Å². The standard InChI is InChI=1S/C7H13NO.C2H6/c1-2-5-8-6-3-4-7(8)9;1-2/h2-6H2,1H3;1-2H3. The maximum Gasteiger partial charge on any atom is 0.222 e. The van der Waals surface area contributed by atoms with Crippen molar-refractivity contribution in [1.82, 2.24) is 4.90 Å². The highest BCUT2D eigenvalue weighted by molar-refractivity contribution is 5.77. The Balaban J connectivity index is 0.000000461. The average molecular weight is 157 g/mol. The minimum Gasteiger partial charge on any atom is -0.343 e. The topological polar surface area (TPSA) is 20.3 Å². The van der Waals surface area contributed by atoms with Crippen LogP contribution in [0.5, 0.6) is 0 Å². The summed E-state index contributed by atoms with van der Waals surface area (Å²) in [5, 5.41) is 0. The van der Waals surface area contributed by atoms with Crippen LogP contribution in [0.3, 0.4) is 0 Å². The van der Waals surface area contributed by atoms with E-state index in [-0.39, 0.29) is 0 Å². The van der Waals surface area contributed by atoms with Crippen LogP contribution < -0.4 is 0 Å². The largest absolute Gasteiger partial charge is 0.343 e. The maximum atomic E-state index is 10.9. The summed E-state index contributed by atoms with van der Waals surface area (Å²) in [5.41, 5.74) is 0. The molecule has 1 amide bonds. The van der Waals surface area contributed by atoms with Crippen molar-refractivity contribution in [3.05, 3.63) is 0 Å². The first kappa shape index (κ1) is 10.5. The van der Waals surface area contributed by atoms with Crippen LogP contribution in [0.15, 0.2) is 0 Å². The van der Waals surface area contributed by atoms with Crippen LogP contribution in [0.25, 0.3) is 0 Å². The van der Waals surface area contributed by atoms with Gasteiger partial charge in [0.05, 0.1) is 0 Å². The van der Waals surface area contributed by atoms with Gasteiger partial charge in [0.1, 0.15) is 0 Å². The molecule has 0 radical (unpaired) electrons. The highest BCUT2D eigenvalue weighted by Crippen LogP contribution is 2.08. The van der Waals surface area contributed by atoms with E-state index in [0.717, 1.165) is 32.4 Å². The van der Waals surface area contributed by atoms with Crippen LogP contribution in [0.1, 0.15) is 40.0 Å². The number of amides is 1. The fourth-order valence-electron chi connectivity index (χ4n) is 1.21. The molecule has 1 aliphatic rings. The number of carbonyl (C=O) groups is 1. The van der Waals surface area contributed by atoms with Gasteiger partial charge in [0.15, 0.2) is 0 Å². The van der Waals surface area contributed by atoms with Crippen molar-refractivity contribution in [2.45, 2.75) is 40.0 Å². The lowest BCUT2D eigenvalue weighted by molar-refractivity contribution is -0.127. The molecule has 0 aromatic carbocycles. The highest BCUT2D eigenvalue weighted by atomic mass is 16.2. The summed E-state index contributed by atoms with van der Waals surface area (Å²) >= 11 is 0. The first-order valence-electron chi connectivity index (χ1n) is 4.62. The average Bonchev–Trinajstić information content (AvgIpc) is 2.42. The Hall–Kier alpha value is -0.530. The summed E-state index contributed by atoms with van der Waals surface area (Å²) in [5.74, 6) is 0.344. The Morgan fingerprint density at radius 3 is 2.45 bits per heavy atom. The van der Waals surface area contributed by atoms with Crippen LogP contribution in [-0.4, -0.2) is 23.9 Å². The summed E-state index contributed by atoms with van der Waals surface area (Å²) in [6.07, 6.45) is 2.94. The fourth-order valence-corrected chi connectivity index (χ4v) is 1.21. The molecule has 1 rings (SSSR count). The Bertz CT molecular complexity index is 112. The Labute approximate surface area is 69.6 Å². The molecule has 2 heteroatoms. The highest BCUT2D eigenvalue weighted by Gasteiger charge is 2.17. The van der Waals surface area contributed by atoms with Crippen LogP contribution in [0, 0.1) is 0 Å². The first-order chi connectivity index (χ1) is 5.34. The second-order valence-corrected chi connectivity index (χ2v) is 2.48. The molecule has 0 spiro atoms. The van der Waals surface area contributed by atoms with Crippen molar-refractivity contribution < 1.29 is 4.79 Å².